The first-order valence-electron chi connectivity index (χ1n) is 6.99. The molecule has 0 atom stereocenters. The molecule has 0 aliphatic heterocycles. The van der Waals surface area contributed by atoms with Crippen LogP contribution in [0.15, 0.2) is 18.2 Å². The van der Waals surface area contributed by atoms with E-state index >= 15 is 0 Å². The Labute approximate surface area is 126 Å². The number of benzene rings is 1. The van der Waals surface area contributed by atoms with Crippen molar-refractivity contribution < 1.29 is 14.7 Å². The van der Waals surface area contributed by atoms with Gasteiger partial charge < -0.3 is 15.3 Å². The third kappa shape index (κ3) is 4.77. The molecule has 0 radical (unpaired) electrons. The minimum atomic E-state index is -0.913. The number of carbonyl (C=O) groups excluding carboxylic acids is 1. The van der Waals surface area contributed by atoms with E-state index < -0.39 is 11.5 Å². The van der Waals surface area contributed by atoms with Gasteiger partial charge >= 0.3 is 12.0 Å². The maximum absolute atomic E-state index is 12.5. The summed E-state index contributed by atoms with van der Waals surface area (Å²) in [6.45, 7) is 9.70. The fourth-order valence-corrected chi connectivity index (χ4v) is 2.14. The quantitative estimate of drug-likeness (QED) is 0.893. The molecular weight excluding hydrogens is 268 g/mol. The van der Waals surface area contributed by atoms with E-state index in [4.69, 9.17) is 5.11 Å². The number of rotatable bonds is 4. The van der Waals surface area contributed by atoms with E-state index in [1.807, 2.05) is 52.8 Å². The van der Waals surface area contributed by atoms with Crippen molar-refractivity contribution in [2.45, 2.75) is 46.6 Å². The molecule has 0 saturated carbocycles. The topological polar surface area (TPSA) is 69.6 Å². The van der Waals surface area contributed by atoms with Gasteiger partial charge in [-0.3, -0.25) is 4.79 Å². The van der Waals surface area contributed by atoms with Crippen LogP contribution in [0, 0.1) is 13.8 Å². The molecule has 1 rings (SSSR count). The highest BCUT2D eigenvalue weighted by Crippen LogP contribution is 2.22. The predicted molar refractivity (Wildman–Crippen MR) is 83.6 cm³/mol. The number of anilines is 1. The summed E-state index contributed by atoms with van der Waals surface area (Å²) in [5, 5.41) is 11.7. The second-order valence-corrected chi connectivity index (χ2v) is 6.16. The van der Waals surface area contributed by atoms with Gasteiger partial charge in [-0.05, 0) is 45.7 Å². The lowest BCUT2D eigenvalue weighted by Crippen LogP contribution is -2.48. The number of carbonyl (C=O) groups is 2. The highest BCUT2D eigenvalue weighted by molar-refractivity contribution is 5.91. The van der Waals surface area contributed by atoms with Crippen molar-refractivity contribution in [3.8, 4) is 0 Å². The number of urea groups is 1. The first-order valence-corrected chi connectivity index (χ1v) is 6.99. The Balaban J connectivity index is 2.93. The first-order chi connectivity index (χ1) is 9.62. The molecule has 1 aromatic carbocycles. The lowest BCUT2D eigenvalue weighted by atomic mass is 10.1. The first kappa shape index (κ1) is 17.0. The van der Waals surface area contributed by atoms with Crippen LogP contribution in [-0.2, 0) is 4.79 Å². The highest BCUT2D eigenvalue weighted by Gasteiger charge is 2.27. The van der Waals surface area contributed by atoms with Crippen LogP contribution < -0.4 is 5.32 Å². The number of amides is 2. The third-order valence-corrected chi connectivity index (χ3v) is 3.32. The van der Waals surface area contributed by atoms with Gasteiger partial charge in [-0.2, -0.15) is 0 Å². The van der Waals surface area contributed by atoms with E-state index in [-0.39, 0.29) is 19.0 Å². The molecule has 0 aliphatic carbocycles. The lowest BCUT2D eigenvalue weighted by Gasteiger charge is -2.35. The van der Waals surface area contributed by atoms with Crippen molar-refractivity contribution in [3.63, 3.8) is 0 Å². The molecule has 0 bridgehead atoms. The van der Waals surface area contributed by atoms with Crippen LogP contribution in [0.5, 0.6) is 0 Å². The number of aliphatic carboxylic acids is 1. The van der Waals surface area contributed by atoms with Gasteiger partial charge in [-0.15, -0.1) is 0 Å². The van der Waals surface area contributed by atoms with Crippen LogP contribution in [0.25, 0.3) is 0 Å². The predicted octanol–water partition coefficient (Wildman–Crippen LogP) is 3.41. The molecule has 21 heavy (non-hydrogen) atoms. The molecule has 0 aliphatic rings. The van der Waals surface area contributed by atoms with Crippen molar-refractivity contribution >= 4 is 17.7 Å². The summed E-state index contributed by atoms with van der Waals surface area (Å²) >= 11 is 0. The van der Waals surface area contributed by atoms with Crippen LogP contribution in [0.2, 0.25) is 0 Å². The Kier molecular flexibility index (Phi) is 5.35. The average molecular weight is 292 g/mol. The van der Waals surface area contributed by atoms with Gasteiger partial charge in [0, 0.05) is 17.8 Å². The zero-order chi connectivity index (χ0) is 16.2. The standard InChI is InChI=1S/C16H24N2O3/c1-11-7-6-8-12(2)14(11)17-15(21)18(16(3,4)5)10-9-13(19)20/h6-8H,9-10H2,1-5H3,(H,17,21)(H,19,20). The summed E-state index contributed by atoms with van der Waals surface area (Å²) in [6.07, 6.45) is -0.0720. The minimum Gasteiger partial charge on any atom is -0.481 e. The Morgan fingerprint density at radius 2 is 1.71 bits per heavy atom. The van der Waals surface area contributed by atoms with Crippen LogP contribution in [0.4, 0.5) is 10.5 Å². The number of carboxylic acid groups (broad SMARTS) is 1. The molecule has 0 heterocycles. The molecule has 0 fully saturated rings. The fraction of sp³-hybridized carbons (Fsp3) is 0.500. The Morgan fingerprint density at radius 3 is 2.14 bits per heavy atom. The molecular formula is C16H24N2O3. The van der Waals surface area contributed by atoms with Crippen molar-refractivity contribution in [2.75, 3.05) is 11.9 Å². The summed E-state index contributed by atoms with van der Waals surface area (Å²) < 4.78 is 0. The fourth-order valence-electron chi connectivity index (χ4n) is 2.14. The Bertz CT molecular complexity index is 513. The molecule has 2 amide bonds. The van der Waals surface area contributed by atoms with Gasteiger partial charge in [0.1, 0.15) is 0 Å². The number of carboxylic acids is 1. The van der Waals surface area contributed by atoms with Crippen LogP contribution in [0.3, 0.4) is 0 Å². The summed E-state index contributed by atoms with van der Waals surface area (Å²) in [4.78, 5) is 24.8. The molecule has 5 nitrogen and oxygen atoms in total. The van der Waals surface area contributed by atoms with Gasteiger partial charge in [0.25, 0.3) is 0 Å². The van der Waals surface area contributed by atoms with Gasteiger partial charge in [0.2, 0.25) is 0 Å². The molecule has 2 N–H and O–H groups in total. The van der Waals surface area contributed by atoms with E-state index in [0.29, 0.717) is 0 Å². The second kappa shape index (κ2) is 6.61. The van der Waals surface area contributed by atoms with E-state index in [2.05, 4.69) is 5.32 Å². The molecule has 0 unspecified atom stereocenters. The van der Waals surface area contributed by atoms with Crippen molar-refractivity contribution in [1.29, 1.82) is 0 Å². The van der Waals surface area contributed by atoms with Crippen molar-refractivity contribution in [1.82, 2.24) is 4.90 Å². The summed E-state index contributed by atoms with van der Waals surface area (Å²) in [5.74, 6) is -0.913. The number of aryl methyl sites for hydroxylation is 2. The lowest BCUT2D eigenvalue weighted by molar-refractivity contribution is -0.137. The summed E-state index contributed by atoms with van der Waals surface area (Å²) in [6, 6.07) is 5.52. The molecule has 116 valence electrons. The van der Waals surface area contributed by atoms with E-state index in [1.54, 1.807) is 4.90 Å². The molecule has 0 aromatic heterocycles. The van der Waals surface area contributed by atoms with Crippen LogP contribution in [0.1, 0.15) is 38.3 Å². The van der Waals surface area contributed by atoms with Gasteiger partial charge in [0.05, 0.1) is 6.42 Å². The third-order valence-electron chi connectivity index (χ3n) is 3.32. The number of nitrogens with zero attached hydrogens (tertiary/aromatic N) is 1. The molecule has 1 aromatic rings. The SMILES string of the molecule is Cc1cccc(C)c1NC(=O)N(CCC(=O)O)C(C)(C)C. The van der Waals surface area contributed by atoms with Crippen molar-refractivity contribution in [3.05, 3.63) is 29.3 Å². The number of nitrogens with one attached hydrogen (secondary N) is 1. The zero-order valence-electron chi connectivity index (χ0n) is 13.4. The number of hydrogen-bond donors (Lipinski definition) is 2. The maximum Gasteiger partial charge on any atom is 0.322 e. The van der Waals surface area contributed by atoms with E-state index in [1.165, 1.54) is 0 Å². The van der Waals surface area contributed by atoms with Gasteiger partial charge in [0.15, 0.2) is 0 Å². The number of para-hydroxylation sites is 1. The minimum absolute atomic E-state index is 0.0720. The smallest absolute Gasteiger partial charge is 0.322 e. The zero-order valence-corrected chi connectivity index (χ0v) is 13.4. The monoisotopic (exact) mass is 292 g/mol. The Morgan fingerprint density at radius 1 is 1.19 bits per heavy atom. The normalized spacial score (nSPS) is 11.1. The largest absolute Gasteiger partial charge is 0.481 e. The average Bonchev–Trinajstić information content (AvgIpc) is 2.32. The Hall–Kier alpha value is -2.04. The summed E-state index contributed by atoms with van der Waals surface area (Å²) in [7, 11) is 0. The highest BCUT2D eigenvalue weighted by atomic mass is 16.4. The van der Waals surface area contributed by atoms with Crippen molar-refractivity contribution in [2.24, 2.45) is 0 Å². The van der Waals surface area contributed by atoms with E-state index in [0.717, 1.165) is 16.8 Å². The number of hydrogen-bond acceptors (Lipinski definition) is 2. The van der Waals surface area contributed by atoms with Gasteiger partial charge in [-0.1, -0.05) is 18.2 Å². The molecule has 0 saturated heterocycles. The molecule has 0 spiro atoms. The molecule has 5 heteroatoms. The van der Waals surface area contributed by atoms with Gasteiger partial charge in [-0.25, -0.2) is 4.79 Å². The second-order valence-electron chi connectivity index (χ2n) is 6.16. The van der Waals surface area contributed by atoms with Crippen LogP contribution in [-0.4, -0.2) is 34.1 Å². The maximum atomic E-state index is 12.5. The van der Waals surface area contributed by atoms with E-state index in [9.17, 15) is 9.59 Å². The van der Waals surface area contributed by atoms with Crippen LogP contribution >= 0.6 is 0 Å². The summed E-state index contributed by atoms with van der Waals surface area (Å²) in [5.41, 5.74) is 2.30.